The van der Waals surface area contributed by atoms with Gasteiger partial charge in [-0.25, -0.2) is 0 Å². The van der Waals surface area contributed by atoms with E-state index in [-0.39, 0.29) is 23.9 Å². The molecule has 0 aromatic carbocycles. The van der Waals surface area contributed by atoms with Gasteiger partial charge in [0.25, 0.3) is 0 Å². The minimum absolute atomic E-state index is 0.0537. The fourth-order valence-electron chi connectivity index (χ4n) is 1.07. The van der Waals surface area contributed by atoms with Crippen LogP contribution in [-0.4, -0.2) is 30.2 Å². The van der Waals surface area contributed by atoms with Crippen LogP contribution in [0.25, 0.3) is 0 Å². The van der Waals surface area contributed by atoms with Crippen molar-refractivity contribution in [3.05, 3.63) is 0 Å². The molecule has 1 saturated heterocycles. The highest BCUT2D eigenvalue weighted by molar-refractivity contribution is 5.85. The monoisotopic (exact) mass is 158 g/mol. The topological polar surface area (TPSA) is 46.5 Å². The van der Waals surface area contributed by atoms with Crippen molar-refractivity contribution in [1.29, 1.82) is 0 Å². The minimum Gasteiger partial charge on any atom is -0.394 e. The third-order valence-corrected chi connectivity index (χ3v) is 2.05. The van der Waals surface area contributed by atoms with E-state index >= 15 is 0 Å². The lowest BCUT2D eigenvalue weighted by Gasteiger charge is -2.32. The summed E-state index contributed by atoms with van der Waals surface area (Å²) in [5.74, 6) is 0.183. The maximum Gasteiger partial charge on any atom is 0.143 e. The van der Waals surface area contributed by atoms with E-state index in [9.17, 15) is 4.79 Å². The summed E-state index contributed by atoms with van der Waals surface area (Å²) in [7, 11) is 0. The lowest BCUT2D eigenvalue weighted by Crippen LogP contribution is -2.41. The summed E-state index contributed by atoms with van der Waals surface area (Å²) in [5.41, 5.74) is -0.355. The number of aliphatic hydroxyl groups excluding tert-OH is 1. The molecule has 0 aromatic heterocycles. The second-order valence-corrected chi connectivity index (χ2v) is 3.63. The lowest BCUT2D eigenvalue weighted by molar-refractivity contribution is -0.146. The van der Waals surface area contributed by atoms with Gasteiger partial charge in [-0.3, -0.25) is 4.79 Å². The van der Waals surface area contributed by atoms with E-state index in [4.69, 9.17) is 9.84 Å². The first-order valence-corrected chi connectivity index (χ1v) is 3.82. The van der Waals surface area contributed by atoms with Crippen molar-refractivity contribution in [2.45, 2.75) is 26.4 Å². The van der Waals surface area contributed by atoms with Crippen molar-refractivity contribution in [1.82, 2.24) is 0 Å². The number of ether oxygens (including phenoxy) is 1. The van der Waals surface area contributed by atoms with Gasteiger partial charge in [0.1, 0.15) is 5.78 Å². The second kappa shape index (κ2) is 2.91. The highest BCUT2D eigenvalue weighted by atomic mass is 16.5. The maximum absolute atomic E-state index is 11.3. The Morgan fingerprint density at radius 3 is 2.82 bits per heavy atom. The Bertz CT molecular complexity index is 163. The average molecular weight is 158 g/mol. The fraction of sp³-hybridized carbons (Fsp3) is 0.875. The zero-order valence-electron chi connectivity index (χ0n) is 6.96. The largest absolute Gasteiger partial charge is 0.394 e. The molecule has 1 fully saturated rings. The molecule has 1 rings (SSSR count). The lowest BCUT2D eigenvalue weighted by atomic mass is 9.84. The van der Waals surface area contributed by atoms with Gasteiger partial charge in [0.15, 0.2) is 0 Å². The van der Waals surface area contributed by atoms with Crippen LogP contribution in [0.15, 0.2) is 0 Å². The molecular weight excluding hydrogens is 144 g/mol. The van der Waals surface area contributed by atoms with Crippen LogP contribution in [0.4, 0.5) is 0 Å². The predicted octanol–water partition coefficient (Wildman–Crippen LogP) is 0.363. The fourth-order valence-corrected chi connectivity index (χ4v) is 1.07. The first-order valence-electron chi connectivity index (χ1n) is 3.82. The highest BCUT2D eigenvalue weighted by Crippen LogP contribution is 2.25. The summed E-state index contributed by atoms with van der Waals surface area (Å²) in [6.07, 6.45) is 0.0827. The summed E-state index contributed by atoms with van der Waals surface area (Å²) >= 11 is 0. The van der Waals surface area contributed by atoms with E-state index < -0.39 is 0 Å². The van der Waals surface area contributed by atoms with Gasteiger partial charge in [-0.05, 0) is 0 Å². The molecule has 0 saturated carbocycles. The molecule has 11 heavy (non-hydrogen) atoms. The zero-order valence-corrected chi connectivity index (χ0v) is 6.96. The van der Waals surface area contributed by atoms with E-state index in [1.54, 1.807) is 0 Å². The van der Waals surface area contributed by atoms with E-state index in [2.05, 4.69) is 0 Å². The summed E-state index contributed by atoms with van der Waals surface area (Å²) < 4.78 is 5.24. The number of hydrogen-bond donors (Lipinski definition) is 1. The van der Waals surface area contributed by atoms with Gasteiger partial charge in [0, 0.05) is 11.8 Å². The molecule has 1 heterocycles. The molecule has 1 aliphatic rings. The molecule has 1 aliphatic heterocycles. The van der Waals surface area contributed by atoms with E-state index in [1.807, 2.05) is 13.8 Å². The quantitative estimate of drug-likeness (QED) is 0.599. The van der Waals surface area contributed by atoms with Crippen molar-refractivity contribution in [2.75, 3.05) is 13.2 Å². The summed E-state index contributed by atoms with van der Waals surface area (Å²) in [6.45, 7) is 4.10. The van der Waals surface area contributed by atoms with Crippen LogP contribution >= 0.6 is 0 Å². The molecule has 64 valence electrons. The molecule has 0 amide bonds. The van der Waals surface area contributed by atoms with Crippen molar-refractivity contribution in [3.8, 4) is 0 Å². The van der Waals surface area contributed by atoms with Gasteiger partial charge >= 0.3 is 0 Å². The summed E-state index contributed by atoms with van der Waals surface area (Å²) in [4.78, 5) is 11.3. The van der Waals surface area contributed by atoms with Crippen LogP contribution in [0.1, 0.15) is 20.3 Å². The molecule has 1 N–H and O–H groups in total. The summed E-state index contributed by atoms with van der Waals surface area (Å²) in [5, 5.41) is 8.70. The molecule has 0 bridgehead atoms. The third kappa shape index (κ3) is 1.79. The number of rotatable bonds is 1. The average Bonchev–Trinajstić information content (AvgIpc) is 1.95. The SMILES string of the molecule is CC1(C)COC(CO)CC1=O. The van der Waals surface area contributed by atoms with E-state index in [0.29, 0.717) is 13.0 Å². The Morgan fingerprint density at radius 2 is 2.36 bits per heavy atom. The van der Waals surface area contributed by atoms with Gasteiger partial charge in [0.05, 0.1) is 19.3 Å². The molecule has 1 atom stereocenters. The predicted molar refractivity (Wildman–Crippen MR) is 40.2 cm³/mol. The van der Waals surface area contributed by atoms with E-state index in [0.717, 1.165) is 0 Å². The van der Waals surface area contributed by atoms with Crippen LogP contribution in [0.2, 0.25) is 0 Å². The molecule has 3 heteroatoms. The first-order chi connectivity index (χ1) is 5.06. The Hall–Kier alpha value is -0.410. The number of aliphatic hydroxyl groups is 1. The molecular formula is C8H14O3. The molecule has 3 nitrogen and oxygen atoms in total. The van der Waals surface area contributed by atoms with Crippen LogP contribution < -0.4 is 0 Å². The molecule has 0 aliphatic carbocycles. The molecule has 0 radical (unpaired) electrons. The van der Waals surface area contributed by atoms with E-state index in [1.165, 1.54) is 0 Å². The first kappa shape index (κ1) is 8.68. The van der Waals surface area contributed by atoms with Crippen molar-refractivity contribution in [2.24, 2.45) is 5.41 Å². The Balaban J connectivity index is 2.55. The Kier molecular flexibility index (Phi) is 2.30. The van der Waals surface area contributed by atoms with Crippen molar-refractivity contribution < 1.29 is 14.6 Å². The summed E-state index contributed by atoms with van der Waals surface area (Å²) in [6, 6.07) is 0. The van der Waals surface area contributed by atoms with Crippen LogP contribution in [-0.2, 0) is 9.53 Å². The zero-order chi connectivity index (χ0) is 8.48. The minimum atomic E-state index is -0.355. The molecule has 0 aromatic rings. The van der Waals surface area contributed by atoms with Gasteiger partial charge in [0.2, 0.25) is 0 Å². The standard InChI is InChI=1S/C8H14O3/c1-8(2)5-11-6(4-9)3-7(8)10/h6,9H,3-5H2,1-2H3. The normalized spacial score (nSPS) is 30.5. The number of carbonyl (C=O) groups excluding carboxylic acids is 1. The van der Waals surface area contributed by atoms with Crippen LogP contribution in [0.5, 0.6) is 0 Å². The highest BCUT2D eigenvalue weighted by Gasteiger charge is 2.35. The number of ketones is 1. The maximum atomic E-state index is 11.3. The molecule has 1 unspecified atom stereocenters. The number of hydrogen-bond acceptors (Lipinski definition) is 3. The Labute approximate surface area is 66.4 Å². The van der Waals surface area contributed by atoms with Gasteiger partial charge in [-0.1, -0.05) is 13.8 Å². The third-order valence-electron chi connectivity index (χ3n) is 2.05. The number of Topliss-reactive ketones (excluding diaryl/α,β-unsaturated/α-hetero) is 1. The number of carbonyl (C=O) groups is 1. The van der Waals surface area contributed by atoms with Crippen LogP contribution in [0.3, 0.4) is 0 Å². The molecule has 0 spiro atoms. The van der Waals surface area contributed by atoms with Gasteiger partial charge < -0.3 is 9.84 Å². The van der Waals surface area contributed by atoms with Crippen molar-refractivity contribution >= 4 is 5.78 Å². The van der Waals surface area contributed by atoms with Gasteiger partial charge in [-0.2, -0.15) is 0 Å². The van der Waals surface area contributed by atoms with Gasteiger partial charge in [-0.15, -0.1) is 0 Å². The second-order valence-electron chi connectivity index (χ2n) is 3.63. The van der Waals surface area contributed by atoms with Crippen LogP contribution in [0, 0.1) is 5.41 Å². The van der Waals surface area contributed by atoms with Crippen molar-refractivity contribution in [3.63, 3.8) is 0 Å². The smallest absolute Gasteiger partial charge is 0.143 e. The Morgan fingerprint density at radius 1 is 1.73 bits per heavy atom.